The Hall–Kier alpha value is -4.49. The van der Waals surface area contributed by atoms with E-state index in [9.17, 15) is 13.6 Å². The van der Waals surface area contributed by atoms with E-state index < -0.39 is 12.5 Å². The molecule has 1 aliphatic heterocycles. The number of halogens is 2. The molecule has 7 N–H and O–H groups in total. The standard InChI is InChI=1S/C27H33F2N9O2/c1-5-26(39)35-20-10-21(24(40-27(28)29)11-23(20)38-13-15(2)33-16(3)14-38)34-25(36-31)9-19(30)17-6-7-18-12-32-37(4)22(18)8-17/h5-12,15-16,27,30,33-34,36H,1,13-14,31H2,2-4H3,(H,35,39)/b25-9-,30-19?/t15-,16+. The Bertz CT molecular complexity index is 1440. The van der Waals surface area contributed by atoms with Crippen molar-refractivity contribution in [3.05, 3.63) is 66.6 Å². The molecule has 2 aromatic carbocycles. The first kappa shape index (κ1) is 28.5. The van der Waals surface area contributed by atoms with Gasteiger partial charge in [-0.2, -0.15) is 13.9 Å². The van der Waals surface area contributed by atoms with Crippen molar-refractivity contribution in [2.24, 2.45) is 12.9 Å². The number of anilines is 3. The number of hydrazine groups is 1. The molecule has 1 saturated heterocycles. The molecule has 1 fully saturated rings. The Kier molecular flexibility index (Phi) is 8.65. The quantitative estimate of drug-likeness (QED) is 0.0971. The first-order chi connectivity index (χ1) is 19.1. The van der Waals surface area contributed by atoms with Crippen LogP contribution >= 0.6 is 0 Å². The van der Waals surface area contributed by atoms with E-state index >= 15 is 0 Å². The van der Waals surface area contributed by atoms with Crippen molar-refractivity contribution < 1.29 is 18.3 Å². The summed E-state index contributed by atoms with van der Waals surface area (Å²) in [6, 6.07) is 8.62. The van der Waals surface area contributed by atoms with Gasteiger partial charge in [0, 0.05) is 55.3 Å². The zero-order valence-electron chi connectivity index (χ0n) is 22.5. The fourth-order valence-corrected chi connectivity index (χ4v) is 4.73. The van der Waals surface area contributed by atoms with Crippen LogP contribution in [-0.4, -0.2) is 53.2 Å². The molecule has 4 rings (SSSR count). The van der Waals surface area contributed by atoms with Gasteiger partial charge in [0.1, 0.15) is 5.82 Å². The number of amides is 1. The summed E-state index contributed by atoms with van der Waals surface area (Å²) in [5, 5.41) is 22.8. The highest BCUT2D eigenvalue weighted by atomic mass is 19.3. The Morgan fingerprint density at radius 2 is 1.95 bits per heavy atom. The number of benzene rings is 2. The second kappa shape index (κ2) is 12.1. The van der Waals surface area contributed by atoms with Crippen molar-refractivity contribution in [2.75, 3.05) is 28.6 Å². The molecule has 2 atom stereocenters. The van der Waals surface area contributed by atoms with Crippen LogP contribution in [0.25, 0.3) is 10.9 Å². The molecule has 1 aliphatic rings. The molecule has 1 amide bonds. The Labute approximate surface area is 230 Å². The number of fused-ring (bicyclic) bond motifs is 1. The van der Waals surface area contributed by atoms with Crippen LogP contribution in [-0.2, 0) is 11.8 Å². The summed E-state index contributed by atoms with van der Waals surface area (Å²) in [5.41, 5.74) is 4.96. The van der Waals surface area contributed by atoms with Crippen LogP contribution in [0.4, 0.5) is 25.8 Å². The van der Waals surface area contributed by atoms with Crippen molar-refractivity contribution >= 4 is 39.6 Å². The summed E-state index contributed by atoms with van der Waals surface area (Å²) in [5.74, 6) is 5.24. The zero-order chi connectivity index (χ0) is 29.0. The van der Waals surface area contributed by atoms with Crippen molar-refractivity contribution in [2.45, 2.75) is 32.5 Å². The van der Waals surface area contributed by atoms with Gasteiger partial charge in [-0.05, 0) is 32.1 Å². The number of carbonyl (C=O) groups excluding carboxylic acids is 1. The molecule has 0 aliphatic carbocycles. The van der Waals surface area contributed by atoms with Crippen LogP contribution in [0.3, 0.4) is 0 Å². The van der Waals surface area contributed by atoms with Gasteiger partial charge in [0.25, 0.3) is 0 Å². The summed E-state index contributed by atoms with van der Waals surface area (Å²) in [6.45, 7) is 5.59. The van der Waals surface area contributed by atoms with Crippen molar-refractivity contribution in [1.82, 2.24) is 20.5 Å². The Morgan fingerprint density at radius 3 is 2.60 bits per heavy atom. The highest BCUT2D eigenvalue weighted by molar-refractivity contribution is 6.08. The first-order valence-corrected chi connectivity index (χ1v) is 12.6. The van der Waals surface area contributed by atoms with Gasteiger partial charge in [0.2, 0.25) is 5.91 Å². The van der Waals surface area contributed by atoms with E-state index in [4.69, 9.17) is 16.0 Å². The molecule has 2 heterocycles. The number of rotatable bonds is 10. The van der Waals surface area contributed by atoms with Crippen LogP contribution in [0.15, 0.2) is 61.1 Å². The third kappa shape index (κ3) is 6.55. The van der Waals surface area contributed by atoms with Crippen molar-refractivity contribution in [1.29, 1.82) is 5.41 Å². The summed E-state index contributed by atoms with van der Waals surface area (Å²) in [4.78, 5) is 14.3. The minimum atomic E-state index is -3.11. The van der Waals surface area contributed by atoms with Gasteiger partial charge in [-0.25, -0.2) is 5.84 Å². The number of hydrogen-bond acceptors (Lipinski definition) is 9. The number of ether oxygens (including phenoxy) is 1. The Balaban J connectivity index is 1.72. The van der Waals surface area contributed by atoms with Gasteiger partial charge in [0.05, 0.1) is 34.5 Å². The fraction of sp³-hybridized carbons (Fsp3) is 0.296. The maximum atomic E-state index is 13.5. The SMILES string of the molecule is C=CC(=O)Nc1cc(N/C(=C/C(=N)c2ccc3cnn(C)c3c2)NN)c(OC(F)F)cc1N1C[C@@H](C)N[C@@H](C)C1. The number of allylic oxidation sites excluding steroid dienone is 1. The third-order valence-electron chi connectivity index (χ3n) is 6.43. The summed E-state index contributed by atoms with van der Waals surface area (Å²) >= 11 is 0. The number of alkyl halides is 2. The van der Waals surface area contributed by atoms with Crippen LogP contribution in [0.1, 0.15) is 19.4 Å². The van der Waals surface area contributed by atoms with E-state index in [0.717, 1.165) is 17.0 Å². The normalized spacial score (nSPS) is 17.6. The molecule has 0 bridgehead atoms. The van der Waals surface area contributed by atoms with E-state index in [0.29, 0.717) is 30.0 Å². The van der Waals surface area contributed by atoms with E-state index in [2.05, 4.69) is 33.1 Å². The number of nitrogens with one attached hydrogen (secondary N) is 5. The molecule has 11 nitrogen and oxygen atoms in total. The fourth-order valence-electron chi connectivity index (χ4n) is 4.73. The number of carbonyl (C=O) groups is 1. The minimum absolute atomic E-state index is 0.0960. The van der Waals surface area contributed by atoms with Crippen LogP contribution < -0.4 is 36.9 Å². The van der Waals surface area contributed by atoms with Gasteiger partial charge in [-0.15, -0.1) is 0 Å². The van der Waals surface area contributed by atoms with Gasteiger partial charge >= 0.3 is 6.61 Å². The molecule has 212 valence electrons. The second-order valence-electron chi connectivity index (χ2n) is 9.59. The molecular weight excluding hydrogens is 520 g/mol. The first-order valence-electron chi connectivity index (χ1n) is 12.6. The number of aromatic nitrogens is 2. The van der Waals surface area contributed by atoms with Crippen LogP contribution in [0.5, 0.6) is 5.75 Å². The zero-order valence-corrected chi connectivity index (χ0v) is 22.5. The summed E-state index contributed by atoms with van der Waals surface area (Å²) in [7, 11) is 1.80. The molecule has 0 radical (unpaired) electrons. The maximum Gasteiger partial charge on any atom is 0.387 e. The molecule has 13 heteroatoms. The molecule has 0 unspecified atom stereocenters. The van der Waals surface area contributed by atoms with Crippen LogP contribution in [0, 0.1) is 5.41 Å². The number of piperazine rings is 1. The number of nitrogens with zero attached hydrogens (tertiary/aromatic N) is 3. The molecule has 0 spiro atoms. The minimum Gasteiger partial charge on any atom is -0.433 e. The Morgan fingerprint density at radius 1 is 1.23 bits per heavy atom. The average molecular weight is 554 g/mol. The topological polar surface area (TPSA) is 145 Å². The predicted molar refractivity (Wildman–Crippen MR) is 153 cm³/mol. The number of aryl methyl sites for hydroxylation is 1. The molecule has 1 aromatic heterocycles. The summed E-state index contributed by atoms with van der Waals surface area (Å²) in [6.07, 6.45) is 4.27. The highest BCUT2D eigenvalue weighted by Gasteiger charge is 2.26. The average Bonchev–Trinajstić information content (AvgIpc) is 3.28. The largest absolute Gasteiger partial charge is 0.433 e. The maximum absolute atomic E-state index is 13.5. The van der Waals surface area contributed by atoms with E-state index in [1.54, 1.807) is 24.0 Å². The lowest BCUT2D eigenvalue weighted by Crippen LogP contribution is -2.54. The molecular formula is C27H33F2N9O2. The van der Waals surface area contributed by atoms with E-state index in [-0.39, 0.29) is 35.1 Å². The monoisotopic (exact) mass is 553 g/mol. The highest BCUT2D eigenvalue weighted by Crippen LogP contribution is 2.39. The van der Waals surface area contributed by atoms with Gasteiger partial charge < -0.3 is 36.4 Å². The van der Waals surface area contributed by atoms with Crippen LogP contribution in [0.2, 0.25) is 0 Å². The lowest BCUT2D eigenvalue weighted by molar-refractivity contribution is -0.111. The third-order valence-corrected chi connectivity index (χ3v) is 6.43. The van der Waals surface area contributed by atoms with Crippen molar-refractivity contribution in [3.63, 3.8) is 0 Å². The number of nitrogens with two attached hydrogens (primary N) is 1. The van der Waals surface area contributed by atoms with Gasteiger partial charge in [-0.3, -0.25) is 9.48 Å². The van der Waals surface area contributed by atoms with E-state index in [1.807, 2.05) is 30.9 Å². The lowest BCUT2D eigenvalue weighted by Gasteiger charge is -2.38. The molecule has 40 heavy (non-hydrogen) atoms. The predicted octanol–water partition coefficient (Wildman–Crippen LogP) is 3.27. The van der Waals surface area contributed by atoms with E-state index in [1.165, 1.54) is 18.2 Å². The summed E-state index contributed by atoms with van der Waals surface area (Å²) < 4.78 is 33.6. The van der Waals surface area contributed by atoms with Gasteiger partial charge in [-0.1, -0.05) is 18.7 Å². The van der Waals surface area contributed by atoms with Gasteiger partial charge in [0.15, 0.2) is 5.75 Å². The molecule has 3 aromatic rings. The lowest BCUT2D eigenvalue weighted by atomic mass is 10.1. The smallest absolute Gasteiger partial charge is 0.387 e. The van der Waals surface area contributed by atoms with Crippen molar-refractivity contribution in [3.8, 4) is 5.75 Å². The molecule has 0 saturated carbocycles. The number of hydrogen-bond donors (Lipinski definition) is 6. The second-order valence-corrected chi connectivity index (χ2v) is 9.59.